The van der Waals surface area contributed by atoms with E-state index in [2.05, 4.69) is 10.6 Å². The molecule has 1 aromatic rings. The maximum Gasteiger partial charge on any atom is 0.251 e. The van der Waals surface area contributed by atoms with Crippen molar-refractivity contribution in [1.82, 2.24) is 10.6 Å². The zero-order chi connectivity index (χ0) is 16.9. The van der Waals surface area contributed by atoms with Crippen molar-refractivity contribution in [1.29, 1.82) is 0 Å². The Morgan fingerprint density at radius 3 is 2.50 bits per heavy atom. The fourth-order valence-electron chi connectivity index (χ4n) is 2.66. The van der Waals surface area contributed by atoms with Crippen LogP contribution >= 0.6 is 0 Å². The van der Waals surface area contributed by atoms with E-state index < -0.39 is 0 Å². The molecule has 5 nitrogen and oxygen atoms in total. The summed E-state index contributed by atoms with van der Waals surface area (Å²) in [4.78, 5) is 23.8. The summed E-state index contributed by atoms with van der Waals surface area (Å²) in [6, 6.07) is 7.50. The van der Waals surface area contributed by atoms with Gasteiger partial charge in [-0.3, -0.25) is 9.59 Å². The monoisotopic (exact) mass is 326 g/mol. The fraction of sp³-hybridized carbons (Fsp3) is 0.368. The highest BCUT2D eigenvalue weighted by Gasteiger charge is 2.23. The van der Waals surface area contributed by atoms with E-state index in [0.717, 1.165) is 24.8 Å². The van der Waals surface area contributed by atoms with Crippen molar-refractivity contribution >= 4 is 17.9 Å². The first-order valence-corrected chi connectivity index (χ1v) is 8.33. The smallest absolute Gasteiger partial charge is 0.251 e. The van der Waals surface area contributed by atoms with E-state index in [1.54, 1.807) is 18.2 Å². The predicted molar refractivity (Wildman–Crippen MR) is 92.2 cm³/mol. The van der Waals surface area contributed by atoms with Crippen molar-refractivity contribution < 1.29 is 14.7 Å². The van der Waals surface area contributed by atoms with Crippen molar-refractivity contribution in [2.24, 2.45) is 5.92 Å². The van der Waals surface area contributed by atoms with Crippen molar-refractivity contribution in [2.45, 2.75) is 31.3 Å². The number of rotatable bonds is 6. The highest BCUT2D eigenvalue weighted by atomic mass is 16.3. The van der Waals surface area contributed by atoms with E-state index in [-0.39, 0.29) is 30.4 Å². The van der Waals surface area contributed by atoms with E-state index in [9.17, 15) is 9.59 Å². The molecule has 0 bridgehead atoms. The minimum atomic E-state index is -0.168. The average molecular weight is 326 g/mol. The number of aliphatic hydroxyl groups is 1. The minimum absolute atomic E-state index is 0.0206. The van der Waals surface area contributed by atoms with Gasteiger partial charge in [-0.05, 0) is 43.0 Å². The molecule has 2 aliphatic carbocycles. The van der Waals surface area contributed by atoms with Crippen LogP contribution in [0.3, 0.4) is 0 Å². The summed E-state index contributed by atoms with van der Waals surface area (Å²) in [6.07, 6.45) is 9.92. The molecule has 2 aliphatic rings. The molecule has 24 heavy (non-hydrogen) atoms. The van der Waals surface area contributed by atoms with Gasteiger partial charge in [0.05, 0.1) is 0 Å². The van der Waals surface area contributed by atoms with Gasteiger partial charge >= 0.3 is 0 Å². The van der Waals surface area contributed by atoms with Crippen LogP contribution < -0.4 is 10.6 Å². The fourth-order valence-corrected chi connectivity index (χ4v) is 2.66. The molecule has 2 atom stereocenters. The van der Waals surface area contributed by atoms with E-state index in [1.165, 1.54) is 6.08 Å². The third-order valence-corrected chi connectivity index (χ3v) is 4.25. The van der Waals surface area contributed by atoms with Gasteiger partial charge in [-0.1, -0.05) is 24.3 Å². The van der Waals surface area contributed by atoms with Crippen LogP contribution in [0.15, 0.2) is 42.5 Å². The molecule has 0 saturated heterocycles. The van der Waals surface area contributed by atoms with E-state index >= 15 is 0 Å². The van der Waals surface area contributed by atoms with Gasteiger partial charge in [-0.2, -0.15) is 0 Å². The molecule has 3 N–H and O–H groups in total. The Hall–Kier alpha value is -2.40. The summed E-state index contributed by atoms with van der Waals surface area (Å²) in [6.45, 7) is 0.110. The van der Waals surface area contributed by atoms with Crippen LogP contribution in [-0.2, 0) is 4.79 Å². The molecular weight excluding hydrogens is 304 g/mol. The standard InChI is InChI=1S/C19H22N2O3/c22-12-14-3-7-17(11-14)20-18(23)10-4-13-1-5-15(6-2-13)19(24)21-16-8-9-16/h1-7,10,14,16-17,22H,8-9,11-12H2,(H,20,23)(H,21,24)/b10-4+/t14-,17+/m0/s1. The van der Waals surface area contributed by atoms with Gasteiger partial charge in [0.15, 0.2) is 0 Å². The third-order valence-electron chi connectivity index (χ3n) is 4.25. The average Bonchev–Trinajstić information content (AvgIpc) is 3.29. The Labute approximate surface area is 141 Å². The Balaban J connectivity index is 1.49. The predicted octanol–water partition coefficient (Wildman–Crippen LogP) is 1.65. The van der Waals surface area contributed by atoms with Crippen LogP contribution in [0.1, 0.15) is 35.2 Å². The van der Waals surface area contributed by atoms with Crippen molar-refractivity contribution in [2.75, 3.05) is 6.61 Å². The summed E-state index contributed by atoms with van der Waals surface area (Å²) in [7, 11) is 0. The van der Waals surface area contributed by atoms with Crippen LogP contribution in [0.25, 0.3) is 6.08 Å². The number of benzene rings is 1. The maximum absolute atomic E-state index is 11.9. The molecule has 0 unspecified atom stereocenters. The third kappa shape index (κ3) is 4.55. The molecule has 0 aromatic heterocycles. The number of aliphatic hydroxyl groups excluding tert-OH is 1. The second kappa shape index (κ2) is 7.45. The maximum atomic E-state index is 11.9. The van der Waals surface area contributed by atoms with Crippen molar-refractivity contribution in [3.63, 3.8) is 0 Å². The lowest BCUT2D eigenvalue weighted by Gasteiger charge is -2.10. The van der Waals surface area contributed by atoms with Crippen molar-refractivity contribution in [3.05, 3.63) is 53.6 Å². The van der Waals surface area contributed by atoms with E-state index in [0.29, 0.717) is 11.6 Å². The number of amides is 2. The summed E-state index contributed by atoms with van der Waals surface area (Å²) >= 11 is 0. The number of nitrogens with one attached hydrogen (secondary N) is 2. The number of carbonyl (C=O) groups is 2. The molecule has 0 heterocycles. The van der Waals surface area contributed by atoms with Crippen LogP contribution in [0.4, 0.5) is 0 Å². The zero-order valence-corrected chi connectivity index (χ0v) is 13.4. The van der Waals surface area contributed by atoms with Crippen LogP contribution in [0, 0.1) is 5.92 Å². The molecule has 1 aromatic carbocycles. The molecule has 0 aliphatic heterocycles. The lowest BCUT2D eigenvalue weighted by atomic mass is 10.1. The largest absolute Gasteiger partial charge is 0.396 e. The lowest BCUT2D eigenvalue weighted by molar-refractivity contribution is -0.116. The first-order valence-electron chi connectivity index (χ1n) is 8.33. The molecule has 2 amide bonds. The molecule has 3 rings (SSSR count). The Bertz CT molecular complexity index is 660. The second-order valence-electron chi connectivity index (χ2n) is 6.38. The first-order chi connectivity index (χ1) is 11.6. The van der Waals surface area contributed by atoms with E-state index in [1.807, 2.05) is 24.3 Å². The topological polar surface area (TPSA) is 78.4 Å². The van der Waals surface area contributed by atoms with Gasteiger partial charge in [0.25, 0.3) is 5.91 Å². The van der Waals surface area contributed by atoms with Gasteiger partial charge in [-0.25, -0.2) is 0 Å². The highest BCUT2D eigenvalue weighted by molar-refractivity contribution is 5.95. The molecule has 1 saturated carbocycles. The van der Waals surface area contributed by atoms with Gasteiger partial charge < -0.3 is 15.7 Å². The SMILES string of the molecule is O=C(/C=C/c1ccc(C(=O)NC2CC2)cc1)N[C@@H]1C=C[C@H](CO)C1. The zero-order valence-electron chi connectivity index (χ0n) is 13.4. The molecule has 1 fully saturated rings. The molecule has 0 radical (unpaired) electrons. The van der Waals surface area contributed by atoms with Crippen LogP contribution in [0.2, 0.25) is 0 Å². The number of hydrogen-bond acceptors (Lipinski definition) is 3. The Morgan fingerprint density at radius 1 is 1.12 bits per heavy atom. The summed E-state index contributed by atoms with van der Waals surface area (Å²) in [5.74, 6) is -0.0790. The molecular formula is C19H22N2O3. The summed E-state index contributed by atoms with van der Waals surface area (Å²) in [5, 5.41) is 14.9. The van der Waals surface area contributed by atoms with Crippen LogP contribution in [-0.4, -0.2) is 35.6 Å². The van der Waals surface area contributed by atoms with Gasteiger partial charge in [0, 0.05) is 36.2 Å². The lowest BCUT2D eigenvalue weighted by Crippen LogP contribution is -2.31. The minimum Gasteiger partial charge on any atom is -0.396 e. The van der Waals surface area contributed by atoms with Gasteiger partial charge in [0.1, 0.15) is 0 Å². The van der Waals surface area contributed by atoms with Gasteiger partial charge in [0.2, 0.25) is 5.91 Å². The summed E-state index contributed by atoms with van der Waals surface area (Å²) < 4.78 is 0. The quantitative estimate of drug-likeness (QED) is 0.549. The number of carbonyl (C=O) groups excluding carboxylic acids is 2. The highest BCUT2D eigenvalue weighted by Crippen LogP contribution is 2.19. The summed E-state index contributed by atoms with van der Waals surface area (Å²) in [5.41, 5.74) is 1.50. The second-order valence-corrected chi connectivity index (χ2v) is 6.38. The molecule has 0 spiro atoms. The Morgan fingerprint density at radius 2 is 1.88 bits per heavy atom. The first kappa shape index (κ1) is 16.5. The van der Waals surface area contributed by atoms with Gasteiger partial charge in [-0.15, -0.1) is 0 Å². The van der Waals surface area contributed by atoms with Crippen molar-refractivity contribution in [3.8, 4) is 0 Å². The van der Waals surface area contributed by atoms with E-state index in [4.69, 9.17) is 5.11 Å². The normalized spacial score (nSPS) is 22.7. The Kier molecular flexibility index (Phi) is 5.11. The molecule has 5 heteroatoms. The number of hydrogen-bond donors (Lipinski definition) is 3. The van der Waals surface area contributed by atoms with Crippen LogP contribution in [0.5, 0.6) is 0 Å². The molecule has 126 valence electrons.